The lowest BCUT2D eigenvalue weighted by molar-refractivity contribution is -0.116. The van der Waals surface area contributed by atoms with Crippen LogP contribution in [0, 0.1) is 0 Å². The van der Waals surface area contributed by atoms with Crippen LogP contribution < -0.4 is 11.3 Å². The third-order valence-electron chi connectivity index (χ3n) is 6.15. The molecule has 0 amide bonds. The lowest BCUT2D eigenvalue weighted by Crippen LogP contribution is -2.42. The first-order chi connectivity index (χ1) is 19.3. The van der Waals surface area contributed by atoms with Crippen molar-refractivity contribution >= 4 is 66.4 Å². The van der Waals surface area contributed by atoms with Gasteiger partial charge in [0.05, 0.1) is 25.7 Å². The fraction of sp³-hybridized carbons (Fsp3) is 0.444. The highest BCUT2D eigenvalue weighted by Crippen LogP contribution is 2.60. The number of thiol groups is 2. The number of anilines is 1. The number of nitrogens with one attached hydrogen (secondary N) is 1. The van der Waals surface area contributed by atoms with E-state index in [-0.39, 0.29) is 36.1 Å². The van der Waals surface area contributed by atoms with Gasteiger partial charge in [0, 0.05) is 6.54 Å². The highest BCUT2D eigenvalue weighted by Gasteiger charge is 2.63. The van der Waals surface area contributed by atoms with Crippen molar-refractivity contribution in [3.8, 4) is 0 Å². The number of aromatic nitrogens is 8. The number of aromatic amines is 1. The Morgan fingerprint density at radius 3 is 2.73 bits per heavy atom. The molecule has 41 heavy (non-hydrogen) atoms. The molecule has 2 bridgehead atoms. The van der Waals surface area contributed by atoms with Crippen molar-refractivity contribution in [2.45, 2.75) is 37.5 Å². The summed E-state index contributed by atoms with van der Waals surface area (Å²) in [5.74, 6) is -4.16. The Morgan fingerprint density at radius 2 is 1.93 bits per heavy atom. The maximum Gasteiger partial charge on any atom is 0.387 e. The Balaban J connectivity index is 1.41. The summed E-state index contributed by atoms with van der Waals surface area (Å²) in [6.07, 6.45) is -2.64. The van der Waals surface area contributed by atoms with E-state index >= 15 is 8.78 Å². The number of fused-ring (bicyclic) bond motifs is 6. The van der Waals surface area contributed by atoms with Crippen molar-refractivity contribution in [1.29, 1.82) is 0 Å². The lowest BCUT2D eigenvalue weighted by Gasteiger charge is -2.26. The minimum absolute atomic E-state index is 0.00159. The number of halogens is 2. The van der Waals surface area contributed by atoms with Gasteiger partial charge < -0.3 is 15.0 Å². The molecule has 17 nitrogen and oxygen atoms in total. The number of rotatable bonds is 1. The number of imidazole rings is 2. The lowest BCUT2D eigenvalue weighted by atomic mass is 10.1. The molecule has 1 fully saturated rings. The molecule has 23 heteroatoms. The van der Waals surface area contributed by atoms with Crippen molar-refractivity contribution in [1.82, 2.24) is 39.0 Å². The van der Waals surface area contributed by atoms with Gasteiger partial charge in [0.25, 0.3) is 5.56 Å². The number of hydrogen-bond acceptors (Lipinski definition) is 14. The predicted molar refractivity (Wildman–Crippen MR) is 141 cm³/mol. The van der Waals surface area contributed by atoms with Gasteiger partial charge in [-0.25, -0.2) is 37.8 Å². The fourth-order valence-corrected chi connectivity index (χ4v) is 6.85. The SMILES string of the molecule is Nc1nc2c(ncn2[C@@H]2O[C@@H]3COP(=O)(S)OCCn4c(nc5cncnc54)COP(=O)(S)O[C@@H]2C3(F)F)c(=O)[nH]1. The van der Waals surface area contributed by atoms with Crippen LogP contribution in [0.4, 0.5) is 14.7 Å². The van der Waals surface area contributed by atoms with E-state index < -0.39 is 56.7 Å². The van der Waals surface area contributed by atoms with Crippen molar-refractivity contribution in [2.75, 3.05) is 18.9 Å². The van der Waals surface area contributed by atoms with Crippen LogP contribution in [0.2, 0.25) is 0 Å². The predicted octanol–water partition coefficient (Wildman–Crippen LogP) is 2.10. The van der Waals surface area contributed by atoms with Gasteiger partial charge in [-0.15, -0.1) is 0 Å². The summed E-state index contributed by atoms with van der Waals surface area (Å²) in [4.78, 5) is 34.7. The Morgan fingerprint density at radius 1 is 1.12 bits per heavy atom. The molecule has 0 radical (unpaired) electrons. The van der Waals surface area contributed by atoms with E-state index in [1.807, 2.05) is 0 Å². The summed E-state index contributed by atoms with van der Waals surface area (Å²) in [6.45, 7) is -10.6. The van der Waals surface area contributed by atoms with Gasteiger partial charge in [-0.05, 0) is 0 Å². The molecule has 1 saturated heterocycles. The number of nitrogen functional groups attached to an aromatic ring is 1. The average molecular weight is 653 g/mol. The maximum atomic E-state index is 15.8. The molecule has 2 aliphatic rings. The highest BCUT2D eigenvalue weighted by atomic mass is 32.7. The molecule has 0 aliphatic carbocycles. The van der Waals surface area contributed by atoms with E-state index in [9.17, 15) is 13.9 Å². The van der Waals surface area contributed by atoms with E-state index in [0.29, 0.717) is 11.2 Å². The van der Waals surface area contributed by atoms with E-state index in [1.54, 1.807) is 0 Å². The highest BCUT2D eigenvalue weighted by molar-refractivity contribution is 8.44. The van der Waals surface area contributed by atoms with Crippen LogP contribution in [-0.4, -0.2) is 70.4 Å². The van der Waals surface area contributed by atoms with Gasteiger partial charge in [0.1, 0.15) is 24.3 Å². The van der Waals surface area contributed by atoms with Gasteiger partial charge in [-0.2, -0.15) is 4.98 Å². The molecular weight excluding hydrogens is 634 g/mol. The Hall–Kier alpha value is -2.48. The molecule has 5 atom stereocenters. The van der Waals surface area contributed by atoms with E-state index in [1.165, 1.54) is 17.1 Å². The van der Waals surface area contributed by atoms with Gasteiger partial charge in [-0.3, -0.25) is 32.4 Å². The second-order valence-corrected chi connectivity index (χ2v) is 14.5. The smallest absolute Gasteiger partial charge is 0.369 e. The van der Waals surface area contributed by atoms with Crippen molar-refractivity contribution in [2.24, 2.45) is 0 Å². The zero-order chi connectivity index (χ0) is 29.2. The standard InChI is InChI=1S/C18H19F2N9O8P2S2/c19-18(20)9-4-34-38(31,40)33-2-1-28-10(25-8-3-22-6-23-13(8)28)5-35-39(32,41)37-12(18)16(36-9)29-7-24-11-14(29)26-17(21)27-15(11)30/h3,6-7,9,12,16H,1-2,4-5H2,(H,31,40)(H,32,41)(H3,21,26,27,30)/t9-,12+,16-,38?,39?/m1/s1. The van der Waals surface area contributed by atoms with E-state index in [2.05, 4.69) is 54.4 Å². The molecular formula is C18H19F2N9O8P2S2. The second-order valence-electron chi connectivity index (χ2n) is 8.74. The number of hydrogen-bond donors (Lipinski definition) is 4. The summed E-state index contributed by atoms with van der Waals surface area (Å²) in [5.41, 5.74) is 5.08. The van der Waals surface area contributed by atoms with Crippen molar-refractivity contribution in [3.63, 3.8) is 0 Å². The summed E-state index contributed by atoms with van der Waals surface area (Å²) < 4.78 is 86.8. The first-order valence-corrected chi connectivity index (χ1v) is 16.9. The molecule has 2 unspecified atom stereocenters. The van der Waals surface area contributed by atoms with Crippen molar-refractivity contribution in [3.05, 3.63) is 35.0 Å². The molecule has 220 valence electrons. The van der Waals surface area contributed by atoms with E-state index in [0.717, 1.165) is 10.9 Å². The van der Waals surface area contributed by atoms with Gasteiger partial charge in [-0.1, -0.05) is 24.5 Å². The summed E-state index contributed by atoms with van der Waals surface area (Å²) in [5, 5.41) is 0. The topological polar surface area (TPSA) is 213 Å². The van der Waals surface area contributed by atoms with Crippen LogP contribution in [0.3, 0.4) is 0 Å². The molecule has 0 aromatic carbocycles. The second kappa shape index (κ2) is 10.4. The van der Waals surface area contributed by atoms with Gasteiger partial charge >= 0.3 is 19.5 Å². The molecule has 0 spiro atoms. The first kappa shape index (κ1) is 28.6. The largest absolute Gasteiger partial charge is 0.387 e. The third kappa shape index (κ3) is 5.41. The number of ether oxygens (including phenoxy) is 1. The maximum absolute atomic E-state index is 15.8. The molecule has 6 rings (SSSR count). The van der Waals surface area contributed by atoms with E-state index in [4.69, 9.17) is 28.6 Å². The van der Waals surface area contributed by atoms with Crippen LogP contribution in [0.15, 0.2) is 23.6 Å². The zero-order valence-electron chi connectivity index (χ0n) is 20.3. The number of alkyl halides is 2. The Bertz CT molecular complexity index is 1800. The minimum Gasteiger partial charge on any atom is -0.369 e. The monoisotopic (exact) mass is 653 g/mol. The Labute approximate surface area is 237 Å². The molecule has 0 saturated carbocycles. The molecule has 4 aromatic rings. The van der Waals surface area contributed by atoms with Crippen LogP contribution in [0.5, 0.6) is 0 Å². The quantitative estimate of drug-likeness (QED) is 0.171. The Kier molecular flexibility index (Phi) is 7.23. The first-order valence-electron chi connectivity index (χ1n) is 11.5. The summed E-state index contributed by atoms with van der Waals surface area (Å²) in [7, 11) is 0. The van der Waals surface area contributed by atoms with Gasteiger partial charge in [0.15, 0.2) is 35.2 Å². The summed E-state index contributed by atoms with van der Waals surface area (Å²) in [6, 6.07) is 0. The molecule has 3 N–H and O–H groups in total. The van der Waals surface area contributed by atoms with Crippen molar-refractivity contribution < 1.29 is 40.7 Å². The fourth-order valence-electron chi connectivity index (χ4n) is 4.35. The van der Waals surface area contributed by atoms with Crippen LogP contribution in [0.25, 0.3) is 22.3 Å². The van der Waals surface area contributed by atoms with Crippen LogP contribution in [0.1, 0.15) is 12.1 Å². The minimum atomic E-state index is -4.59. The number of H-pyrrole nitrogens is 1. The van der Waals surface area contributed by atoms with Crippen LogP contribution in [-0.2, 0) is 45.1 Å². The average Bonchev–Trinajstić information content (AvgIpc) is 3.54. The molecule has 6 heterocycles. The third-order valence-corrected chi connectivity index (χ3v) is 9.40. The number of nitrogens with zero attached hydrogens (tertiary/aromatic N) is 7. The zero-order valence-corrected chi connectivity index (χ0v) is 23.9. The normalized spacial score (nSPS) is 31.1. The summed E-state index contributed by atoms with van der Waals surface area (Å²) >= 11 is 7.79. The van der Waals surface area contributed by atoms with Gasteiger partial charge in [0.2, 0.25) is 5.95 Å². The molecule has 2 aliphatic heterocycles. The van der Waals surface area contributed by atoms with Crippen LogP contribution >= 0.6 is 38.1 Å². The molecule has 4 aromatic heterocycles. The number of nitrogens with two attached hydrogens (primary N) is 1.